The first kappa shape index (κ1) is 9.51. The molecule has 0 heterocycles. The van der Waals surface area contributed by atoms with E-state index in [4.69, 9.17) is 0 Å². The van der Waals surface area contributed by atoms with E-state index in [2.05, 4.69) is 27.7 Å². The minimum atomic E-state index is -0.0289. The van der Waals surface area contributed by atoms with Gasteiger partial charge < -0.3 is 5.11 Å². The lowest BCUT2D eigenvalue weighted by molar-refractivity contribution is 0.0303. The third-order valence-electron chi connectivity index (χ3n) is 5.11. The molecule has 2 aliphatic carbocycles. The van der Waals surface area contributed by atoms with Gasteiger partial charge in [-0.25, -0.2) is 0 Å². The molecule has 1 nitrogen and oxygen atoms in total. The first-order valence-electron chi connectivity index (χ1n) is 5.57. The van der Waals surface area contributed by atoms with Crippen molar-refractivity contribution in [1.29, 1.82) is 0 Å². The highest BCUT2D eigenvalue weighted by Crippen LogP contribution is 2.70. The van der Waals surface area contributed by atoms with Crippen LogP contribution in [-0.2, 0) is 0 Å². The lowest BCUT2D eigenvalue weighted by Gasteiger charge is -2.31. The molecule has 1 heteroatoms. The second-order valence-corrected chi connectivity index (χ2v) is 6.10. The highest BCUT2D eigenvalue weighted by Gasteiger charge is 2.68. The summed E-state index contributed by atoms with van der Waals surface area (Å²) in [4.78, 5) is 0. The maximum absolute atomic E-state index is 10.2. The molecule has 0 aromatic rings. The predicted octanol–water partition coefficient (Wildman–Crippen LogP) is 2.83. The summed E-state index contributed by atoms with van der Waals surface area (Å²) in [5.74, 6) is 1.15. The summed E-state index contributed by atoms with van der Waals surface area (Å²) in [6.45, 7) is 9.16. The zero-order valence-electron chi connectivity index (χ0n) is 9.30. The van der Waals surface area contributed by atoms with Crippen LogP contribution in [0.3, 0.4) is 0 Å². The van der Waals surface area contributed by atoms with E-state index in [1.165, 1.54) is 19.3 Å². The monoisotopic (exact) mass is 182 g/mol. The quantitative estimate of drug-likeness (QED) is 0.696. The number of hydrogen-bond acceptors (Lipinski definition) is 1. The average molecular weight is 182 g/mol. The summed E-state index contributed by atoms with van der Waals surface area (Å²) >= 11 is 0. The summed E-state index contributed by atoms with van der Waals surface area (Å²) in [7, 11) is 0. The van der Waals surface area contributed by atoms with Crippen molar-refractivity contribution >= 4 is 0 Å². The minimum absolute atomic E-state index is 0.0289. The smallest absolute Gasteiger partial charge is 0.0607 e. The van der Waals surface area contributed by atoms with Gasteiger partial charge in [0.15, 0.2) is 0 Å². The summed E-state index contributed by atoms with van der Waals surface area (Å²) in [6, 6.07) is 0. The Hall–Kier alpha value is -0.0400. The molecule has 2 fully saturated rings. The van der Waals surface area contributed by atoms with E-state index >= 15 is 0 Å². The topological polar surface area (TPSA) is 20.2 Å². The van der Waals surface area contributed by atoms with Crippen molar-refractivity contribution in [2.24, 2.45) is 22.7 Å². The molecule has 2 aliphatic rings. The Kier molecular flexibility index (Phi) is 1.83. The highest BCUT2D eigenvalue weighted by molar-refractivity contribution is 5.15. The zero-order valence-corrected chi connectivity index (χ0v) is 9.30. The van der Waals surface area contributed by atoms with Gasteiger partial charge in [-0.15, -0.1) is 0 Å². The minimum Gasteiger partial charge on any atom is -0.393 e. The normalized spacial score (nSPS) is 33.9. The molecule has 2 saturated carbocycles. The predicted molar refractivity (Wildman–Crippen MR) is 54.4 cm³/mol. The second kappa shape index (κ2) is 2.50. The van der Waals surface area contributed by atoms with Crippen molar-refractivity contribution < 1.29 is 5.11 Å². The fraction of sp³-hybridized carbons (Fsp3) is 1.00. The van der Waals surface area contributed by atoms with E-state index in [0.29, 0.717) is 22.7 Å². The molecule has 1 atom stereocenters. The number of hydrogen-bond donors (Lipinski definition) is 1. The maximum Gasteiger partial charge on any atom is 0.0607 e. The summed E-state index contributed by atoms with van der Waals surface area (Å²) < 4.78 is 0. The summed E-state index contributed by atoms with van der Waals surface area (Å²) in [5, 5.41) is 10.2. The van der Waals surface area contributed by atoms with E-state index in [9.17, 15) is 5.11 Å². The molecule has 1 unspecified atom stereocenters. The van der Waals surface area contributed by atoms with Crippen molar-refractivity contribution in [1.82, 2.24) is 0 Å². The molecule has 0 saturated heterocycles. The van der Waals surface area contributed by atoms with Crippen LogP contribution in [-0.4, -0.2) is 11.2 Å². The Morgan fingerprint density at radius 2 is 1.54 bits per heavy atom. The Labute approximate surface area is 81.5 Å². The van der Waals surface area contributed by atoms with Gasteiger partial charge in [0.05, 0.1) is 6.10 Å². The molecule has 0 spiro atoms. The molecule has 0 amide bonds. The largest absolute Gasteiger partial charge is 0.393 e. The second-order valence-electron chi connectivity index (χ2n) is 6.10. The fourth-order valence-electron chi connectivity index (χ4n) is 3.15. The van der Waals surface area contributed by atoms with Crippen LogP contribution in [0, 0.1) is 22.7 Å². The van der Waals surface area contributed by atoms with Gasteiger partial charge >= 0.3 is 0 Å². The van der Waals surface area contributed by atoms with Gasteiger partial charge in [0.2, 0.25) is 0 Å². The van der Waals surface area contributed by atoms with Crippen LogP contribution in [0.5, 0.6) is 0 Å². The van der Waals surface area contributed by atoms with Gasteiger partial charge in [-0.3, -0.25) is 0 Å². The molecular weight excluding hydrogens is 160 g/mol. The molecular formula is C12H22O. The van der Waals surface area contributed by atoms with Crippen LogP contribution < -0.4 is 0 Å². The Morgan fingerprint density at radius 1 is 1.08 bits per heavy atom. The van der Waals surface area contributed by atoms with E-state index < -0.39 is 0 Å². The molecule has 0 aromatic heterocycles. The summed E-state index contributed by atoms with van der Waals surface area (Å²) in [5.41, 5.74) is 0.698. The van der Waals surface area contributed by atoms with Gasteiger partial charge in [0, 0.05) is 0 Å². The third kappa shape index (κ3) is 1.09. The van der Waals surface area contributed by atoms with Gasteiger partial charge in [-0.05, 0) is 35.5 Å². The molecule has 0 aliphatic heterocycles. The first-order chi connectivity index (χ1) is 5.89. The van der Waals surface area contributed by atoms with Crippen LogP contribution in [0.1, 0.15) is 47.0 Å². The Balaban J connectivity index is 2.03. The Morgan fingerprint density at radius 3 is 1.77 bits per heavy atom. The van der Waals surface area contributed by atoms with Crippen LogP contribution in [0.15, 0.2) is 0 Å². The van der Waals surface area contributed by atoms with E-state index in [0.717, 1.165) is 0 Å². The van der Waals surface area contributed by atoms with Gasteiger partial charge in [0.1, 0.15) is 0 Å². The van der Waals surface area contributed by atoms with Crippen molar-refractivity contribution in [3.8, 4) is 0 Å². The van der Waals surface area contributed by atoms with Crippen molar-refractivity contribution in [3.63, 3.8) is 0 Å². The maximum atomic E-state index is 10.2. The average Bonchev–Trinajstić information content (AvgIpc) is 2.18. The van der Waals surface area contributed by atoms with E-state index in [1.807, 2.05) is 0 Å². The molecule has 0 aromatic carbocycles. The number of rotatable bonds is 2. The van der Waals surface area contributed by atoms with Crippen molar-refractivity contribution in [2.45, 2.75) is 53.1 Å². The van der Waals surface area contributed by atoms with E-state index in [1.54, 1.807) is 0 Å². The van der Waals surface area contributed by atoms with Crippen molar-refractivity contribution in [2.75, 3.05) is 0 Å². The third-order valence-corrected chi connectivity index (χ3v) is 5.11. The number of aliphatic hydroxyl groups is 1. The number of aliphatic hydroxyl groups excluding tert-OH is 1. The van der Waals surface area contributed by atoms with Crippen LogP contribution in [0.4, 0.5) is 0 Å². The van der Waals surface area contributed by atoms with E-state index in [-0.39, 0.29) is 6.10 Å². The molecule has 1 N–H and O–H groups in total. The van der Waals surface area contributed by atoms with Gasteiger partial charge in [-0.2, -0.15) is 0 Å². The van der Waals surface area contributed by atoms with Crippen LogP contribution in [0.25, 0.3) is 0 Å². The molecule has 76 valence electrons. The molecule has 13 heavy (non-hydrogen) atoms. The van der Waals surface area contributed by atoms with Crippen molar-refractivity contribution in [3.05, 3.63) is 0 Å². The molecule has 2 rings (SSSR count). The zero-order chi connectivity index (χ0) is 9.85. The SMILES string of the molecule is CC1(C)C(C(O)C2CCC2)C1(C)C. The lowest BCUT2D eigenvalue weighted by Crippen LogP contribution is -2.30. The van der Waals surface area contributed by atoms with Gasteiger partial charge in [-0.1, -0.05) is 34.1 Å². The van der Waals surface area contributed by atoms with Gasteiger partial charge in [0.25, 0.3) is 0 Å². The van der Waals surface area contributed by atoms with Crippen LogP contribution >= 0.6 is 0 Å². The lowest BCUT2D eigenvalue weighted by atomic mass is 9.78. The summed E-state index contributed by atoms with van der Waals surface area (Å²) in [6.07, 6.45) is 3.81. The highest BCUT2D eigenvalue weighted by atomic mass is 16.3. The van der Waals surface area contributed by atoms with Crippen LogP contribution in [0.2, 0.25) is 0 Å². The Bertz CT molecular complexity index is 199. The first-order valence-corrected chi connectivity index (χ1v) is 5.57. The standard InChI is InChI=1S/C12H22O/c1-11(2)10(12(11,3)4)9(13)8-6-5-7-8/h8-10,13H,5-7H2,1-4H3. The molecule has 0 radical (unpaired) electrons. The fourth-order valence-corrected chi connectivity index (χ4v) is 3.15. The molecule has 0 bridgehead atoms.